The Kier molecular flexibility index (Phi) is 6.65. The highest BCUT2D eigenvalue weighted by Crippen LogP contribution is 2.74. The summed E-state index contributed by atoms with van der Waals surface area (Å²) in [5.74, 6) is 1.65. The largest absolute Gasteiger partial charge is 0.392 e. The molecule has 3 saturated carbocycles. The molecule has 0 aliphatic heterocycles. The summed E-state index contributed by atoms with van der Waals surface area (Å²) in [6.07, 6.45) is 14.9. The Bertz CT molecular complexity index is 883. The molecule has 4 rings (SSSR count). The predicted molar refractivity (Wildman–Crippen MR) is 139 cm³/mol. The van der Waals surface area contributed by atoms with E-state index in [9.17, 15) is 9.90 Å². The van der Waals surface area contributed by atoms with E-state index in [0.717, 1.165) is 44.1 Å². The van der Waals surface area contributed by atoms with Gasteiger partial charge in [0.05, 0.1) is 12.2 Å². The molecule has 3 nitrogen and oxygen atoms in total. The number of hydrogen-bond donors (Lipinski definition) is 1. The molecule has 3 heteroatoms. The van der Waals surface area contributed by atoms with Gasteiger partial charge in [-0.05, 0) is 80.5 Å². The summed E-state index contributed by atoms with van der Waals surface area (Å²) in [5, 5.41) is 10.8. The fourth-order valence-electron chi connectivity index (χ4n) is 9.37. The molecule has 0 bridgehead atoms. The summed E-state index contributed by atoms with van der Waals surface area (Å²) >= 11 is 0. The molecule has 0 aromatic heterocycles. The highest BCUT2D eigenvalue weighted by atomic mass is 16.5. The van der Waals surface area contributed by atoms with Gasteiger partial charge in [0, 0.05) is 23.9 Å². The molecule has 0 amide bonds. The lowest BCUT2D eigenvalue weighted by Gasteiger charge is -2.66. The summed E-state index contributed by atoms with van der Waals surface area (Å²) in [6.45, 7) is 17.8. The lowest BCUT2D eigenvalue weighted by Crippen LogP contribution is -2.64. The fourth-order valence-corrected chi connectivity index (χ4v) is 9.37. The predicted octanol–water partition coefficient (Wildman–Crippen LogP) is 6.91. The number of aliphatic hydroxyl groups is 1. The van der Waals surface area contributed by atoms with E-state index in [1.165, 1.54) is 18.3 Å². The van der Waals surface area contributed by atoms with E-state index in [2.05, 4.69) is 66.3 Å². The maximum Gasteiger partial charge on any atom is 0.127 e. The minimum absolute atomic E-state index is 0.0477. The van der Waals surface area contributed by atoms with Crippen molar-refractivity contribution in [1.82, 2.24) is 0 Å². The Balaban J connectivity index is 1.76. The molecule has 0 saturated heterocycles. The maximum atomic E-state index is 13.2. The molecule has 0 radical (unpaired) electrons. The van der Waals surface area contributed by atoms with E-state index < -0.39 is 5.41 Å². The molecule has 1 N–H and O–H groups in total. The number of ether oxygens (including phenoxy) is 1. The normalized spacial score (nSPS) is 46.2. The second-order valence-corrected chi connectivity index (χ2v) is 13.3. The second-order valence-electron chi connectivity index (χ2n) is 13.3. The lowest BCUT2D eigenvalue weighted by molar-refractivity contribution is -0.186. The molecule has 0 spiro atoms. The molecule has 0 aromatic rings. The van der Waals surface area contributed by atoms with Gasteiger partial charge >= 0.3 is 0 Å². The van der Waals surface area contributed by atoms with Crippen LogP contribution in [0.1, 0.15) is 86.5 Å². The van der Waals surface area contributed by atoms with Crippen molar-refractivity contribution in [3.63, 3.8) is 0 Å². The van der Waals surface area contributed by atoms with Crippen LogP contribution < -0.4 is 0 Å². The van der Waals surface area contributed by atoms with Gasteiger partial charge in [-0.3, -0.25) is 0 Å². The van der Waals surface area contributed by atoms with Crippen LogP contribution in [0.5, 0.6) is 0 Å². The van der Waals surface area contributed by atoms with Gasteiger partial charge in [-0.15, -0.1) is 0 Å². The van der Waals surface area contributed by atoms with Gasteiger partial charge in [0.2, 0.25) is 0 Å². The first-order chi connectivity index (χ1) is 15.9. The van der Waals surface area contributed by atoms with Crippen LogP contribution in [0.25, 0.3) is 0 Å². The van der Waals surface area contributed by atoms with Gasteiger partial charge in [0.15, 0.2) is 0 Å². The molecule has 9 atom stereocenters. The van der Waals surface area contributed by atoms with E-state index in [-0.39, 0.29) is 40.3 Å². The Labute approximate surface area is 208 Å². The van der Waals surface area contributed by atoms with Crippen LogP contribution in [0.2, 0.25) is 0 Å². The first-order valence-electron chi connectivity index (χ1n) is 13.6. The van der Waals surface area contributed by atoms with Crippen molar-refractivity contribution in [2.45, 2.75) is 98.7 Å². The lowest BCUT2D eigenvalue weighted by atomic mass is 9.38. The third kappa shape index (κ3) is 3.47. The van der Waals surface area contributed by atoms with Crippen LogP contribution in [-0.4, -0.2) is 30.7 Å². The van der Waals surface area contributed by atoms with Gasteiger partial charge in [-0.25, -0.2) is 0 Å². The number of methoxy groups -OCH3 is 1. The highest BCUT2D eigenvalue weighted by Gasteiger charge is 2.70. The van der Waals surface area contributed by atoms with Crippen molar-refractivity contribution in [3.8, 4) is 0 Å². The van der Waals surface area contributed by atoms with Crippen LogP contribution in [0, 0.1) is 45.3 Å². The van der Waals surface area contributed by atoms with Gasteiger partial charge < -0.3 is 14.6 Å². The highest BCUT2D eigenvalue weighted by molar-refractivity contribution is 5.65. The topological polar surface area (TPSA) is 46.5 Å². The van der Waals surface area contributed by atoms with Crippen LogP contribution in [0.4, 0.5) is 0 Å². The van der Waals surface area contributed by atoms with Gasteiger partial charge in [0.25, 0.3) is 0 Å². The monoisotopic (exact) mass is 468 g/mol. The van der Waals surface area contributed by atoms with E-state index >= 15 is 0 Å². The van der Waals surface area contributed by atoms with Crippen molar-refractivity contribution in [3.05, 3.63) is 36.0 Å². The summed E-state index contributed by atoms with van der Waals surface area (Å²) in [5.41, 5.74) is 1.90. The number of carbonyl (C=O) groups excluding carboxylic acids is 1. The number of aldehydes is 1. The fraction of sp³-hybridized carbons (Fsp3) is 0.774. The van der Waals surface area contributed by atoms with Crippen LogP contribution in [0.3, 0.4) is 0 Å². The van der Waals surface area contributed by atoms with Crippen molar-refractivity contribution in [2.24, 2.45) is 45.3 Å². The minimum Gasteiger partial charge on any atom is -0.392 e. The molecule has 3 fully saturated rings. The number of carbonyl (C=O) groups is 1. The summed E-state index contributed by atoms with van der Waals surface area (Å²) < 4.78 is 6.23. The van der Waals surface area contributed by atoms with Gasteiger partial charge in [-0.2, -0.15) is 0 Å². The molecule has 4 aliphatic carbocycles. The summed E-state index contributed by atoms with van der Waals surface area (Å²) in [4.78, 5) is 13.2. The SMILES string of the molecule is C=C(C)/C=C/C[C@@H](C)[C@H]1CC[C@@]2(C)[C@@H]3[C@@H](OC)C=C4[C@@H](CC[C@H](O)C4(C)C)[C@]3(C=O)CC[C@]12C. The Hall–Kier alpha value is -1.19. The standard InChI is InChI=1S/C31H48O3/c1-20(2)10-9-11-21(3)22-14-15-30(7)27-25(34-8)18-24-23(12-13-26(33)28(24,4)5)31(27,19-32)17-16-29(22,30)6/h9-10,18-19,21-23,25-27,33H,1,11-17H2,2-8H3/b10-9+/t21-,22-,23-,25+,26+,27+,29-,30+,31-/m1/s1. The van der Waals surface area contributed by atoms with Crippen molar-refractivity contribution >= 4 is 6.29 Å². The number of rotatable bonds is 6. The zero-order chi connectivity index (χ0) is 25.1. The zero-order valence-electron chi connectivity index (χ0n) is 22.7. The minimum atomic E-state index is -0.394. The zero-order valence-corrected chi connectivity index (χ0v) is 22.7. The van der Waals surface area contributed by atoms with E-state index in [0.29, 0.717) is 11.8 Å². The molecule has 34 heavy (non-hydrogen) atoms. The molecular weight excluding hydrogens is 420 g/mol. The van der Waals surface area contributed by atoms with Gasteiger partial charge in [0.1, 0.15) is 6.29 Å². The number of fused-ring (bicyclic) bond motifs is 5. The second kappa shape index (κ2) is 8.73. The van der Waals surface area contributed by atoms with Gasteiger partial charge in [-0.1, -0.05) is 70.6 Å². The van der Waals surface area contributed by atoms with E-state index in [1.807, 2.05) is 7.11 Å². The number of hydrogen-bond acceptors (Lipinski definition) is 3. The Morgan fingerprint density at radius 1 is 1.18 bits per heavy atom. The van der Waals surface area contributed by atoms with Crippen LogP contribution in [-0.2, 0) is 9.53 Å². The van der Waals surface area contributed by atoms with Crippen LogP contribution >= 0.6 is 0 Å². The van der Waals surface area contributed by atoms with Crippen molar-refractivity contribution < 1.29 is 14.6 Å². The first kappa shape index (κ1) is 25.9. The average molecular weight is 469 g/mol. The third-order valence-corrected chi connectivity index (χ3v) is 11.5. The molecule has 4 aliphatic rings. The molecular formula is C31H48O3. The Morgan fingerprint density at radius 3 is 2.50 bits per heavy atom. The van der Waals surface area contributed by atoms with Crippen molar-refractivity contribution in [2.75, 3.05) is 7.11 Å². The quantitative estimate of drug-likeness (QED) is 0.262. The summed E-state index contributed by atoms with van der Waals surface area (Å²) in [7, 11) is 1.82. The maximum absolute atomic E-state index is 13.2. The molecule has 0 aromatic carbocycles. The van der Waals surface area contributed by atoms with E-state index in [1.54, 1.807) is 0 Å². The molecule has 0 heterocycles. The molecule has 0 unspecified atom stereocenters. The molecule has 190 valence electrons. The summed E-state index contributed by atoms with van der Waals surface area (Å²) in [6, 6.07) is 0. The third-order valence-electron chi connectivity index (χ3n) is 11.5. The number of allylic oxidation sites excluding steroid dienone is 3. The van der Waals surface area contributed by atoms with E-state index in [4.69, 9.17) is 4.74 Å². The Morgan fingerprint density at radius 2 is 1.88 bits per heavy atom. The first-order valence-corrected chi connectivity index (χ1v) is 13.6. The van der Waals surface area contributed by atoms with Crippen molar-refractivity contribution in [1.29, 1.82) is 0 Å². The smallest absolute Gasteiger partial charge is 0.127 e. The number of aliphatic hydroxyl groups excluding tert-OH is 1. The average Bonchev–Trinajstić information content (AvgIpc) is 3.06. The van der Waals surface area contributed by atoms with Crippen LogP contribution in [0.15, 0.2) is 36.0 Å².